The van der Waals surface area contributed by atoms with Gasteiger partial charge in [0.25, 0.3) is 0 Å². The number of fused-ring (bicyclic) bond motifs is 1. The molecular weight excluding hydrogens is 505 g/mol. The van der Waals surface area contributed by atoms with Crippen molar-refractivity contribution in [2.24, 2.45) is 0 Å². The monoisotopic (exact) mass is 525 g/mol. The number of aromatic amines is 2. The summed E-state index contributed by atoms with van der Waals surface area (Å²) in [6, 6.07) is 18.2. The van der Waals surface area contributed by atoms with Crippen LogP contribution in [0.1, 0.15) is 13.8 Å². The molecule has 0 unspecified atom stereocenters. The van der Waals surface area contributed by atoms with E-state index in [1.165, 1.54) is 0 Å². The second-order valence-corrected chi connectivity index (χ2v) is 11.6. The molecule has 4 N–H and O–H groups in total. The lowest BCUT2D eigenvalue weighted by Crippen LogP contribution is -2.14. The highest BCUT2D eigenvalue weighted by atomic mass is 35.5. The highest BCUT2D eigenvalue weighted by molar-refractivity contribution is 7.92. The summed E-state index contributed by atoms with van der Waals surface area (Å²) in [6.45, 7) is 3.26. The Labute approximate surface area is 212 Å². The molecule has 0 amide bonds. The second-order valence-electron chi connectivity index (χ2n) is 8.36. The molecule has 0 atom stereocenters. The largest absolute Gasteiger partial charge is 0.369 e. The van der Waals surface area contributed by atoms with Gasteiger partial charge in [-0.2, -0.15) is 0 Å². The lowest BCUT2D eigenvalue weighted by atomic mass is 10.0. The summed E-state index contributed by atoms with van der Waals surface area (Å²) in [4.78, 5) is 15.5. The topological polar surface area (TPSA) is 118 Å². The Balaban J connectivity index is 1.83. The summed E-state index contributed by atoms with van der Waals surface area (Å²) in [5, 5.41) is 0.235. The fraction of sp³-hybridized carbons (Fsp3) is 0.120. The van der Waals surface area contributed by atoms with Crippen molar-refractivity contribution in [3.63, 3.8) is 0 Å². The fourth-order valence-corrected chi connectivity index (χ4v) is 5.75. The standard InChI is InChI=1S/C25H21Cl2N5O2S/c1-13(2)35(33,34)19-12-15(11-18-23(19)32-25(28)29-18)22-21(14-7-4-3-5-8-14)30-24(31-22)20-16(26)9-6-10-17(20)27/h3-13H,1-2H3,(H,30,31)(H3,28,29,32). The second kappa shape index (κ2) is 8.71. The number of sulfone groups is 1. The molecule has 5 aromatic rings. The minimum absolute atomic E-state index is 0.0901. The van der Waals surface area contributed by atoms with Crippen LogP contribution in [-0.2, 0) is 9.84 Å². The van der Waals surface area contributed by atoms with Crippen LogP contribution in [0.3, 0.4) is 0 Å². The van der Waals surface area contributed by atoms with Crippen molar-refractivity contribution >= 4 is 50.0 Å². The maximum absolute atomic E-state index is 13.3. The molecule has 5 rings (SSSR count). The molecule has 0 spiro atoms. The average molecular weight is 526 g/mol. The zero-order valence-corrected chi connectivity index (χ0v) is 21.1. The average Bonchev–Trinajstić information content (AvgIpc) is 3.41. The van der Waals surface area contributed by atoms with Crippen molar-refractivity contribution in [1.29, 1.82) is 0 Å². The number of nitrogens with one attached hydrogen (secondary N) is 2. The number of aromatic nitrogens is 4. The number of H-pyrrole nitrogens is 2. The van der Waals surface area contributed by atoms with Crippen molar-refractivity contribution in [1.82, 2.24) is 19.9 Å². The van der Waals surface area contributed by atoms with E-state index in [2.05, 4.69) is 15.0 Å². The van der Waals surface area contributed by atoms with Gasteiger partial charge in [0, 0.05) is 11.1 Å². The van der Waals surface area contributed by atoms with Gasteiger partial charge in [-0.1, -0.05) is 59.6 Å². The molecule has 0 aliphatic heterocycles. The van der Waals surface area contributed by atoms with E-state index in [9.17, 15) is 8.42 Å². The predicted octanol–water partition coefficient (Wildman–Crippen LogP) is 6.36. The van der Waals surface area contributed by atoms with Crippen molar-refractivity contribution in [3.8, 4) is 33.9 Å². The van der Waals surface area contributed by atoms with E-state index in [1.807, 2.05) is 30.3 Å². The Kier molecular flexibility index (Phi) is 5.83. The smallest absolute Gasteiger partial charge is 0.198 e. The predicted molar refractivity (Wildman–Crippen MR) is 141 cm³/mol. The van der Waals surface area contributed by atoms with Crippen LogP contribution in [0.25, 0.3) is 44.9 Å². The number of halogens is 2. The van der Waals surface area contributed by atoms with Crippen LogP contribution in [0.5, 0.6) is 0 Å². The Bertz CT molecular complexity index is 1660. The minimum Gasteiger partial charge on any atom is -0.369 e. The number of rotatable bonds is 5. The number of hydrogen-bond acceptors (Lipinski definition) is 5. The molecule has 35 heavy (non-hydrogen) atoms. The lowest BCUT2D eigenvalue weighted by Gasteiger charge is -2.11. The van der Waals surface area contributed by atoms with E-state index in [0.29, 0.717) is 49.4 Å². The van der Waals surface area contributed by atoms with Gasteiger partial charge in [-0.25, -0.2) is 18.4 Å². The normalized spacial score (nSPS) is 12.0. The molecule has 2 heterocycles. The van der Waals surface area contributed by atoms with E-state index in [4.69, 9.17) is 33.9 Å². The number of nitrogens with zero attached hydrogens (tertiary/aromatic N) is 2. The number of benzene rings is 3. The number of nitrogens with two attached hydrogens (primary N) is 1. The third-order valence-electron chi connectivity index (χ3n) is 5.74. The number of hydrogen-bond donors (Lipinski definition) is 3. The Morgan fingerprint density at radius 2 is 1.57 bits per heavy atom. The van der Waals surface area contributed by atoms with Gasteiger partial charge in [0.05, 0.1) is 42.7 Å². The molecular formula is C25H21Cl2N5O2S. The van der Waals surface area contributed by atoms with Crippen LogP contribution in [0, 0.1) is 0 Å². The van der Waals surface area contributed by atoms with E-state index in [-0.39, 0.29) is 10.8 Å². The SMILES string of the molecule is CC(C)S(=O)(=O)c1cc(-c2nc(-c3c(Cl)cccc3Cl)[nH]c2-c2ccccc2)cc2[nH]c(N)nc12. The lowest BCUT2D eigenvalue weighted by molar-refractivity contribution is 0.588. The highest BCUT2D eigenvalue weighted by Crippen LogP contribution is 2.40. The van der Waals surface area contributed by atoms with Crippen molar-refractivity contribution < 1.29 is 8.42 Å². The van der Waals surface area contributed by atoms with Crippen LogP contribution in [0.2, 0.25) is 10.0 Å². The van der Waals surface area contributed by atoms with Crippen molar-refractivity contribution in [2.75, 3.05) is 5.73 Å². The summed E-state index contributed by atoms with van der Waals surface area (Å²) < 4.78 is 26.5. The van der Waals surface area contributed by atoms with Gasteiger partial charge in [0.15, 0.2) is 15.8 Å². The molecule has 10 heteroatoms. The molecule has 2 aromatic heterocycles. The summed E-state index contributed by atoms with van der Waals surface area (Å²) >= 11 is 12.9. The zero-order chi connectivity index (χ0) is 24.9. The Hall–Kier alpha value is -3.33. The van der Waals surface area contributed by atoms with Gasteiger partial charge in [0.2, 0.25) is 0 Å². The number of nitrogen functional groups attached to an aromatic ring is 1. The minimum atomic E-state index is -3.68. The molecule has 178 valence electrons. The molecule has 0 aliphatic carbocycles. The maximum atomic E-state index is 13.3. The first-order chi connectivity index (χ1) is 16.7. The van der Waals surface area contributed by atoms with E-state index in [1.54, 1.807) is 44.2 Å². The van der Waals surface area contributed by atoms with Crippen LogP contribution in [-0.4, -0.2) is 33.6 Å². The van der Waals surface area contributed by atoms with Gasteiger partial charge in [-0.05, 0) is 38.1 Å². The van der Waals surface area contributed by atoms with Crippen LogP contribution in [0.4, 0.5) is 5.95 Å². The molecule has 0 bridgehead atoms. The summed E-state index contributed by atoms with van der Waals surface area (Å²) in [7, 11) is -3.68. The molecule has 0 saturated carbocycles. The first kappa shape index (κ1) is 23.4. The third kappa shape index (κ3) is 4.07. The molecule has 3 aromatic carbocycles. The first-order valence-electron chi connectivity index (χ1n) is 10.8. The van der Waals surface area contributed by atoms with E-state index in [0.717, 1.165) is 5.56 Å². The van der Waals surface area contributed by atoms with E-state index >= 15 is 0 Å². The van der Waals surface area contributed by atoms with Crippen LogP contribution >= 0.6 is 23.2 Å². The molecule has 0 fully saturated rings. The summed E-state index contributed by atoms with van der Waals surface area (Å²) in [5.41, 5.74) is 9.91. The number of anilines is 1. The highest BCUT2D eigenvalue weighted by Gasteiger charge is 2.27. The molecule has 0 radical (unpaired) electrons. The van der Waals surface area contributed by atoms with Crippen LogP contribution in [0.15, 0.2) is 65.6 Å². The fourth-order valence-electron chi connectivity index (χ4n) is 3.95. The Morgan fingerprint density at radius 3 is 2.23 bits per heavy atom. The summed E-state index contributed by atoms with van der Waals surface area (Å²) in [6.07, 6.45) is 0. The van der Waals surface area contributed by atoms with E-state index < -0.39 is 15.1 Å². The molecule has 0 saturated heterocycles. The molecule has 0 aliphatic rings. The van der Waals surface area contributed by atoms with Gasteiger partial charge in [-0.15, -0.1) is 0 Å². The van der Waals surface area contributed by atoms with Gasteiger partial charge < -0.3 is 15.7 Å². The van der Waals surface area contributed by atoms with Crippen molar-refractivity contribution in [3.05, 3.63) is 70.7 Å². The van der Waals surface area contributed by atoms with Crippen molar-refractivity contribution in [2.45, 2.75) is 24.0 Å². The first-order valence-corrected chi connectivity index (χ1v) is 13.1. The third-order valence-corrected chi connectivity index (χ3v) is 8.53. The van der Waals surface area contributed by atoms with Gasteiger partial charge >= 0.3 is 0 Å². The molecule has 7 nitrogen and oxygen atoms in total. The zero-order valence-electron chi connectivity index (χ0n) is 18.8. The number of imidazole rings is 2. The maximum Gasteiger partial charge on any atom is 0.198 e. The quantitative estimate of drug-likeness (QED) is 0.246. The Morgan fingerprint density at radius 1 is 0.886 bits per heavy atom. The van der Waals surface area contributed by atoms with Gasteiger partial charge in [0.1, 0.15) is 11.3 Å². The van der Waals surface area contributed by atoms with Crippen LogP contribution < -0.4 is 5.73 Å². The van der Waals surface area contributed by atoms with Gasteiger partial charge in [-0.3, -0.25) is 0 Å². The summed E-state index contributed by atoms with van der Waals surface area (Å²) in [5.74, 6) is 0.596.